The normalized spacial score (nSPS) is 27.2. The highest BCUT2D eigenvalue weighted by Crippen LogP contribution is 2.44. The van der Waals surface area contributed by atoms with E-state index in [1.54, 1.807) is 37.8 Å². The molecular formula is C36H43FN8O4. The zero-order valence-corrected chi connectivity index (χ0v) is 27.9. The number of carbonyl (C=O) groups excluding carboxylic acids is 1. The Kier molecular flexibility index (Phi) is 8.37. The van der Waals surface area contributed by atoms with Crippen molar-refractivity contribution in [1.82, 2.24) is 24.3 Å². The highest BCUT2D eigenvalue weighted by atomic mass is 19.1. The van der Waals surface area contributed by atoms with Gasteiger partial charge in [-0.15, -0.1) is 0 Å². The number of aliphatic hydroxyl groups excluding tert-OH is 1. The van der Waals surface area contributed by atoms with Gasteiger partial charge in [0.2, 0.25) is 0 Å². The summed E-state index contributed by atoms with van der Waals surface area (Å²) in [5.74, 6) is 0.831. The number of nitrogens with zero attached hydrogens (tertiary/aromatic N) is 7. The highest BCUT2D eigenvalue weighted by molar-refractivity contribution is 6.00. The number of aromatic nitrogens is 3. The predicted molar refractivity (Wildman–Crippen MR) is 184 cm³/mol. The van der Waals surface area contributed by atoms with Gasteiger partial charge < -0.3 is 29.5 Å². The number of halogens is 1. The lowest BCUT2D eigenvalue weighted by Crippen LogP contribution is -2.59. The molecule has 12 nitrogen and oxygen atoms in total. The minimum Gasteiger partial charge on any atom is -0.392 e. The number of aryl methyl sites for hydroxylation is 1. The van der Waals surface area contributed by atoms with E-state index in [1.165, 1.54) is 9.47 Å². The van der Waals surface area contributed by atoms with E-state index in [4.69, 9.17) is 4.74 Å². The van der Waals surface area contributed by atoms with E-state index in [2.05, 4.69) is 32.0 Å². The van der Waals surface area contributed by atoms with Crippen molar-refractivity contribution in [1.29, 1.82) is 0 Å². The lowest BCUT2D eigenvalue weighted by Gasteiger charge is -2.46. The van der Waals surface area contributed by atoms with Crippen molar-refractivity contribution in [3.63, 3.8) is 0 Å². The first-order chi connectivity index (χ1) is 23.8. The van der Waals surface area contributed by atoms with Crippen LogP contribution in [0.5, 0.6) is 0 Å². The van der Waals surface area contributed by atoms with Gasteiger partial charge in [0.05, 0.1) is 43.8 Å². The van der Waals surface area contributed by atoms with Gasteiger partial charge >= 0.3 is 0 Å². The van der Waals surface area contributed by atoms with Crippen molar-refractivity contribution in [3.8, 4) is 11.1 Å². The Bertz CT molecular complexity index is 1810. The summed E-state index contributed by atoms with van der Waals surface area (Å²) in [6, 6.07) is 7.54. The second kappa shape index (κ2) is 12.8. The number of hydrogen-bond donors (Lipinski definition) is 2. The first-order valence-electron chi connectivity index (χ1n) is 17.3. The Morgan fingerprint density at radius 2 is 1.96 bits per heavy atom. The maximum absolute atomic E-state index is 14.9. The predicted octanol–water partition coefficient (Wildman–Crippen LogP) is 3.39. The van der Waals surface area contributed by atoms with E-state index < -0.39 is 12.2 Å². The van der Waals surface area contributed by atoms with Crippen molar-refractivity contribution in [2.24, 2.45) is 13.0 Å². The summed E-state index contributed by atoms with van der Waals surface area (Å²) in [4.78, 5) is 44.5. The molecule has 3 aromatic heterocycles. The van der Waals surface area contributed by atoms with Crippen LogP contribution >= 0.6 is 0 Å². The Morgan fingerprint density at radius 3 is 2.69 bits per heavy atom. The number of aliphatic hydroxyl groups is 1. The van der Waals surface area contributed by atoms with Crippen LogP contribution in [0.25, 0.3) is 11.1 Å². The molecule has 0 aromatic carbocycles. The molecule has 13 heteroatoms. The first kappa shape index (κ1) is 31.9. The van der Waals surface area contributed by atoms with Gasteiger partial charge in [0.15, 0.2) is 0 Å². The first-order valence-corrected chi connectivity index (χ1v) is 17.3. The fraction of sp³-hybridized carbons (Fsp3) is 0.500. The van der Waals surface area contributed by atoms with Crippen LogP contribution in [0.2, 0.25) is 0 Å². The third-order valence-corrected chi connectivity index (χ3v) is 11.1. The summed E-state index contributed by atoms with van der Waals surface area (Å²) < 4.78 is 21.8. The summed E-state index contributed by atoms with van der Waals surface area (Å²) in [5, 5.41) is 13.8. The smallest absolute Gasteiger partial charge is 0.274 e. The molecule has 258 valence electrons. The third-order valence-electron chi connectivity index (χ3n) is 11.1. The Morgan fingerprint density at radius 1 is 1.10 bits per heavy atom. The molecule has 4 fully saturated rings. The van der Waals surface area contributed by atoms with Crippen molar-refractivity contribution < 1.29 is 19.0 Å². The van der Waals surface area contributed by atoms with Crippen LogP contribution in [0.3, 0.4) is 0 Å². The molecule has 3 aromatic rings. The van der Waals surface area contributed by atoms with Crippen LogP contribution in [0.1, 0.15) is 38.2 Å². The molecule has 5 aliphatic rings. The zero-order valence-electron chi connectivity index (χ0n) is 27.9. The topological polar surface area (TPSA) is 119 Å². The minimum absolute atomic E-state index is 0.146. The molecule has 2 N–H and O–H groups in total. The maximum Gasteiger partial charge on any atom is 0.274 e. The van der Waals surface area contributed by atoms with Crippen molar-refractivity contribution in [2.45, 2.75) is 69.6 Å². The maximum atomic E-state index is 14.9. The van der Waals surface area contributed by atoms with Gasteiger partial charge in [-0.1, -0.05) is 6.42 Å². The number of ether oxygens (including phenoxy) is 1. The number of anilines is 4. The number of alkyl halides is 1. The van der Waals surface area contributed by atoms with Crippen LogP contribution < -0.4 is 20.7 Å². The quantitative estimate of drug-likeness (QED) is 0.387. The number of rotatable bonds is 7. The van der Waals surface area contributed by atoms with Crippen molar-refractivity contribution in [3.05, 3.63) is 71.2 Å². The van der Waals surface area contributed by atoms with Gasteiger partial charge in [0, 0.05) is 68.6 Å². The summed E-state index contributed by atoms with van der Waals surface area (Å²) in [7, 11) is 1.67. The average molecular weight is 671 g/mol. The van der Waals surface area contributed by atoms with Gasteiger partial charge in [0.1, 0.15) is 29.5 Å². The number of carbonyl (C=O) groups is 1. The van der Waals surface area contributed by atoms with E-state index in [0.717, 1.165) is 51.4 Å². The number of hydrogen-bond acceptors (Lipinski definition) is 10. The molecule has 1 saturated carbocycles. The van der Waals surface area contributed by atoms with Crippen molar-refractivity contribution in [2.75, 3.05) is 48.0 Å². The molecule has 49 heavy (non-hydrogen) atoms. The number of piperazine rings is 1. The van der Waals surface area contributed by atoms with Gasteiger partial charge in [-0.2, -0.15) is 0 Å². The van der Waals surface area contributed by atoms with E-state index in [9.17, 15) is 19.1 Å². The monoisotopic (exact) mass is 670 g/mol. The van der Waals surface area contributed by atoms with E-state index in [-0.39, 0.29) is 30.0 Å². The second-order valence-corrected chi connectivity index (χ2v) is 14.0. The molecule has 4 aliphatic heterocycles. The molecule has 0 spiro atoms. The van der Waals surface area contributed by atoms with Crippen LogP contribution in [0.4, 0.5) is 27.4 Å². The van der Waals surface area contributed by atoms with Gasteiger partial charge in [-0.3, -0.25) is 19.4 Å². The summed E-state index contributed by atoms with van der Waals surface area (Å²) in [6.45, 7) is 6.35. The van der Waals surface area contributed by atoms with Gasteiger partial charge in [-0.25, -0.2) is 14.4 Å². The SMILES string of the molecule is C[C@H]1CN(C2COC2)CCN1c1ccc(Nc2cc(-c3ccnc(N4C=CN5C(CC6CCCC(F)C65)C4=O)c3CO)cn(C)c2=O)nc1. The van der Waals surface area contributed by atoms with Crippen molar-refractivity contribution >= 4 is 28.9 Å². The van der Waals surface area contributed by atoms with Crippen LogP contribution in [-0.2, 0) is 23.2 Å². The molecule has 3 saturated heterocycles. The molecule has 0 radical (unpaired) electrons. The average Bonchev–Trinajstić information content (AvgIpc) is 3.47. The van der Waals surface area contributed by atoms with Crippen LogP contribution in [-0.4, -0.2) is 98.5 Å². The zero-order chi connectivity index (χ0) is 33.8. The highest BCUT2D eigenvalue weighted by Gasteiger charge is 2.50. The molecular weight excluding hydrogens is 627 g/mol. The summed E-state index contributed by atoms with van der Waals surface area (Å²) in [5.41, 5.74) is 2.89. The fourth-order valence-corrected chi connectivity index (χ4v) is 8.47. The standard InChI is InChI=1S/C36H43FN8O4/c1-22-17-42(26-20-49-21-26)10-11-43(22)25-6-7-32(39-16-25)40-30-14-24(18-41(2)35(30)47)27-8-9-38-34(28(27)19-46)45-13-12-44-31(36(45)48)15-23-4-3-5-29(37)33(23)44/h6-9,12-14,16,18,22-23,26,29,31,33,46H,3-5,10-11,15,17,19-21H2,1-2H3,(H,39,40)/t22-,23?,29?,31?,33?/m0/s1. The van der Waals surface area contributed by atoms with Gasteiger partial charge in [-0.05, 0) is 61.9 Å². The Labute approximate surface area is 284 Å². The molecule has 8 rings (SSSR count). The lowest BCUT2D eigenvalue weighted by molar-refractivity contribution is -0.122. The van der Waals surface area contributed by atoms with Crippen LogP contribution in [0, 0.1) is 5.92 Å². The summed E-state index contributed by atoms with van der Waals surface area (Å²) >= 11 is 0. The molecule has 1 amide bonds. The molecule has 5 atom stereocenters. The number of pyridine rings is 3. The summed E-state index contributed by atoms with van der Waals surface area (Å²) in [6.07, 6.45) is 10.5. The molecule has 1 aliphatic carbocycles. The Hall–Kier alpha value is -4.33. The second-order valence-electron chi connectivity index (χ2n) is 14.0. The van der Waals surface area contributed by atoms with Crippen LogP contribution in [0.15, 0.2) is 60.1 Å². The van der Waals surface area contributed by atoms with E-state index in [0.29, 0.717) is 58.9 Å². The Balaban J connectivity index is 1.03. The number of amides is 1. The molecule has 7 heterocycles. The third kappa shape index (κ3) is 5.67. The number of nitrogens with one attached hydrogen (secondary N) is 1. The van der Waals surface area contributed by atoms with E-state index in [1.807, 2.05) is 29.4 Å². The molecule has 0 bridgehead atoms. The number of fused-ring (bicyclic) bond motifs is 3. The lowest BCUT2D eigenvalue weighted by atomic mass is 9.83. The van der Waals surface area contributed by atoms with Gasteiger partial charge in [0.25, 0.3) is 11.5 Å². The fourth-order valence-electron chi connectivity index (χ4n) is 8.47. The minimum atomic E-state index is -0.944. The molecule has 4 unspecified atom stereocenters. The van der Waals surface area contributed by atoms with E-state index >= 15 is 0 Å². The largest absolute Gasteiger partial charge is 0.392 e.